The first-order chi connectivity index (χ1) is 11.4. The van der Waals surface area contributed by atoms with Gasteiger partial charge in [-0.05, 0) is 30.7 Å². The lowest BCUT2D eigenvalue weighted by molar-refractivity contribution is 0.203. The Hall–Kier alpha value is -2.34. The minimum absolute atomic E-state index is 0.111. The topological polar surface area (TPSA) is 61.4 Å². The third-order valence-corrected chi connectivity index (χ3v) is 3.81. The fourth-order valence-electron chi connectivity index (χ4n) is 2.13. The molecule has 0 spiro atoms. The first-order valence-corrected chi connectivity index (χ1v) is 8.01. The van der Waals surface area contributed by atoms with Crippen molar-refractivity contribution in [2.45, 2.75) is 19.5 Å². The van der Waals surface area contributed by atoms with Gasteiger partial charge in [-0.25, -0.2) is 14.8 Å². The van der Waals surface area contributed by atoms with Crippen LogP contribution < -0.4 is 10.2 Å². The number of halogens is 1. The maximum atomic E-state index is 12.4. The van der Waals surface area contributed by atoms with Crippen LogP contribution in [-0.4, -0.2) is 42.0 Å². The van der Waals surface area contributed by atoms with Crippen LogP contribution in [0.4, 0.5) is 10.7 Å². The number of aromatic nitrogens is 2. The summed E-state index contributed by atoms with van der Waals surface area (Å²) in [4.78, 5) is 24.4. The van der Waals surface area contributed by atoms with Crippen molar-refractivity contribution in [2.24, 2.45) is 0 Å². The average molecular weight is 348 g/mol. The monoisotopic (exact) mass is 347 g/mol. The van der Waals surface area contributed by atoms with Crippen LogP contribution in [0.3, 0.4) is 0 Å². The Morgan fingerprint density at radius 3 is 2.50 bits per heavy atom. The molecule has 1 N–H and O–H groups in total. The van der Waals surface area contributed by atoms with Gasteiger partial charge in [0.15, 0.2) is 0 Å². The van der Waals surface area contributed by atoms with Crippen LogP contribution in [0, 0.1) is 0 Å². The first-order valence-electron chi connectivity index (χ1n) is 7.63. The summed E-state index contributed by atoms with van der Waals surface area (Å²) in [5.41, 5.74) is 1.78. The van der Waals surface area contributed by atoms with Crippen LogP contribution in [0.15, 0.2) is 36.5 Å². The number of rotatable bonds is 5. The van der Waals surface area contributed by atoms with Gasteiger partial charge in [-0.15, -0.1) is 0 Å². The van der Waals surface area contributed by atoms with Gasteiger partial charge in [0, 0.05) is 32.4 Å². The van der Waals surface area contributed by atoms with E-state index in [-0.39, 0.29) is 12.1 Å². The van der Waals surface area contributed by atoms with Gasteiger partial charge in [0.05, 0.1) is 18.3 Å². The third-order valence-electron chi connectivity index (χ3n) is 3.56. The highest BCUT2D eigenvalue weighted by Gasteiger charge is 2.14. The molecule has 1 heterocycles. The number of carbonyl (C=O) groups excluding carboxylic acids is 1. The highest BCUT2D eigenvalue weighted by molar-refractivity contribution is 6.30. The molecule has 0 aliphatic heterocycles. The molecule has 0 radical (unpaired) electrons. The summed E-state index contributed by atoms with van der Waals surface area (Å²) >= 11 is 5.89. The van der Waals surface area contributed by atoms with Gasteiger partial charge in [-0.2, -0.15) is 0 Å². The fraction of sp³-hybridized carbons (Fsp3) is 0.353. The van der Waals surface area contributed by atoms with Crippen LogP contribution in [0.2, 0.25) is 5.02 Å². The summed E-state index contributed by atoms with van der Waals surface area (Å²) in [5, 5.41) is 3.64. The number of anilines is 1. The van der Waals surface area contributed by atoms with Crippen molar-refractivity contribution in [3.63, 3.8) is 0 Å². The van der Waals surface area contributed by atoms with Gasteiger partial charge >= 0.3 is 6.03 Å². The zero-order valence-electron chi connectivity index (χ0n) is 14.3. The van der Waals surface area contributed by atoms with Crippen LogP contribution >= 0.6 is 11.6 Å². The summed E-state index contributed by atoms with van der Waals surface area (Å²) in [7, 11) is 5.49. The molecule has 0 bridgehead atoms. The van der Waals surface area contributed by atoms with E-state index in [0.29, 0.717) is 17.5 Å². The largest absolute Gasteiger partial charge is 0.347 e. The summed E-state index contributed by atoms with van der Waals surface area (Å²) in [6.07, 6.45) is 1.69. The minimum Gasteiger partial charge on any atom is -0.347 e. The van der Waals surface area contributed by atoms with E-state index in [9.17, 15) is 4.79 Å². The Labute approximate surface area is 147 Å². The molecule has 1 atom stereocenters. The normalized spacial score (nSPS) is 11.7. The molecular formula is C17H22ClN5O. The van der Waals surface area contributed by atoms with Crippen molar-refractivity contribution < 1.29 is 4.79 Å². The van der Waals surface area contributed by atoms with E-state index in [0.717, 1.165) is 11.3 Å². The maximum absolute atomic E-state index is 12.4. The maximum Gasteiger partial charge on any atom is 0.317 e. The van der Waals surface area contributed by atoms with Gasteiger partial charge in [0.25, 0.3) is 0 Å². The Kier molecular flexibility index (Phi) is 5.98. The van der Waals surface area contributed by atoms with Crippen molar-refractivity contribution in [1.29, 1.82) is 0 Å². The lowest BCUT2D eigenvalue weighted by Crippen LogP contribution is -2.38. The van der Waals surface area contributed by atoms with Crippen molar-refractivity contribution in [2.75, 3.05) is 26.0 Å². The van der Waals surface area contributed by atoms with E-state index >= 15 is 0 Å². The molecule has 0 unspecified atom stereocenters. The number of urea groups is 1. The molecule has 0 fully saturated rings. The van der Waals surface area contributed by atoms with E-state index in [1.807, 2.05) is 50.2 Å². The molecule has 1 aromatic heterocycles. The number of amides is 2. The lowest BCUT2D eigenvalue weighted by Gasteiger charge is -2.22. The molecule has 0 saturated carbocycles. The van der Waals surface area contributed by atoms with Crippen LogP contribution in [-0.2, 0) is 6.54 Å². The first kappa shape index (κ1) is 18.0. The lowest BCUT2D eigenvalue weighted by atomic mass is 10.1. The van der Waals surface area contributed by atoms with E-state index in [1.54, 1.807) is 24.2 Å². The van der Waals surface area contributed by atoms with E-state index in [4.69, 9.17) is 11.6 Å². The second-order valence-electron chi connectivity index (χ2n) is 5.82. The van der Waals surface area contributed by atoms with Crippen LogP contribution in [0.1, 0.15) is 24.2 Å². The quantitative estimate of drug-likeness (QED) is 0.902. The Bertz CT molecular complexity index is 690. The van der Waals surface area contributed by atoms with Crippen molar-refractivity contribution in [3.05, 3.63) is 52.8 Å². The van der Waals surface area contributed by atoms with Crippen molar-refractivity contribution in [1.82, 2.24) is 20.2 Å². The molecular weight excluding hydrogens is 326 g/mol. The van der Waals surface area contributed by atoms with Crippen LogP contribution in [0.5, 0.6) is 0 Å². The van der Waals surface area contributed by atoms with Crippen LogP contribution in [0.25, 0.3) is 0 Å². The molecule has 0 saturated heterocycles. The smallest absolute Gasteiger partial charge is 0.317 e. The van der Waals surface area contributed by atoms with Gasteiger partial charge in [0.1, 0.15) is 0 Å². The Morgan fingerprint density at radius 2 is 1.88 bits per heavy atom. The van der Waals surface area contributed by atoms with Gasteiger partial charge in [0.2, 0.25) is 5.95 Å². The van der Waals surface area contributed by atoms with Crippen molar-refractivity contribution >= 4 is 23.6 Å². The highest BCUT2D eigenvalue weighted by Crippen LogP contribution is 2.16. The molecule has 24 heavy (non-hydrogen) atoms. The Morgan fingerprint density at radius 1 is 1.21 bits per heavy atom. The second-order valence-corrected chi connectivity index (χ2v) is 6.26. The summed E-state index contributed by atoms with van der Waals surface area (Å²) in [5.74, 6) is 0.621. The SMILES string of the molecule is C[C@@H](NC(=O)N(C)Cc1ccnc(N(C)C)n1)c1ccc(Cl)cc1. The number of nitrogens with zero attached hydrogens (tertiary/aromatic N) is 4. The van der Waals surface area contributed by atoms with Gasteiger partial charge < -0.3 is 15.1 Å². The van der Waals surface area contributed by atoms with Gasteiger partial charge in [-0.3, -0.25) is 0 Å². The van der Waals surface area contributed by atoms with Gasteiger partial charge in [-0.1, -0.05) is 23.7 Å². The molecule has 2 amide bonds. The van der Waals surface area contributed by atoms with E-state index < -0.39 is 0 Å². The zero-order chi connectivity index (χ0) is 17.7. The summed E-state index contributed by atoms with van der Waals surface area (Å²) < 4.78 is 0. The molecule has 7 heteroatoms. The number of hydrogen-bond acceptors (Lipinski definition) is 4. The number of hydrogen-bond donors (Lipinski definition) is 1. The predicted octanol–water partition coefficient (Wildman–Crippen LogP) is 3.10. The standard InChI is InChI=1S/C17H22ClN5O/c1-12(13-5-7-14(18)8-6-13)20-17(24)23(4)11-15-9-10-19-16(21-15)22(2)3/h5-10,12H,11H2,1-4H3,(H,20,24)/t12-/m1/s1. The minimum atomic E-state index is -0.164. The molecule has 0 aliphatic carbocycles. The molecule has 1 aromatic carbocycles. The predicted molar refractivity (Wildman–Crippen MR) is 96.2 cm³/mol. The van der Waals surface area contributed by atoms with E-state index in [1.165, 1.54) is 0 Å². The third kappa shape index (κ3) is 4.83. The molecule has 6 nitrogen and oxygen atoms in total. The number of benzene rings is 1. The van der Waals surface area contributed by atoms with E-state index in [2.05, 4.69) is 15.3 Å². The Balaban J connectivity index is 1.96. The molecule has 2 rings (SSSR count). The average Bonchev–Trinajstić information content (AvgIpc) is 2.55. The second kappa shape index (κ2) is 7.97. The highest BCUT2D eigenvalue weighted by atomic mass is 35.5. The fourth-order valence-corrected chi connectivity index (χ4v) is 2.26. The molecule has 2 aromatic rings. The number of carbonyl (C=O) groups is 1. The van der Waals surface area contributed by atoms with Crippen molar-refractivity contribution in [3.8, 4) is 0 Å². The summed E-state index contributed by atoms with van der Waals surface area (Å²) in [6.45, 7) is 2.34. The zero-order valence-corrected chi connectivity index (χ0v) is 15.1. The molecule has 128 valence electrons. The molecule has 0 aliphatic rings. The summed E-state index contributed by atoms with van der Waals surface area (Å²) in [6, 6.07) is 8.96. The number of nitrogens with one attached hydrogen (secondary N) is 1.